The summed E-state index contributed by atoms with van der Waals surface area (Å²) in [6, 6.07) is -0.242. The van der Waals surface area contributed by atoms with Gasteiger partial charge in [-0.3, -0.25) is 0 Å². The lowest BCUT2D eigenvalue weighted by Gasteiger charge is -2.26. The number of nitrogens with one attached hydrogen (secondary N) is 1. The van der Waals surface area contributed by atoms with Gasteiger partial charge in [-0.2, -0.15) is 13.2 Å². The van der Waals surface area contributed by atoms with E-state index in [9.17, 15) is 13.2 Å². The molecule has 0 aliphatic carbocycles. The fourth-order valence-electron chi connectivity index (χ4n) is 2.04. The fraction of sp³-hybridized carbons (Fsp3) is 0.769. The first kappa shape index (κ1) is 17.4. The van der Waals surface area contributed by atoms with Crippen molar-refractivity contribution in [3.63, 3.8) is 0 Å². The zero-order valence-electron chi connectivity index (χ0n) is 12.0. The molecule has 7 heteroatoms. The Kier molecular flexibility index (Phi) is 6.91. The first-order valence-electron chi connectivity index (χ1n) is 6.81. The van der Waals surface area contributed by atoms with Crippen LogP contribution < -0.4 is 5.32 Å². The Balaban J connectivity index is 2.96. The maximum Gasteiger partial charge on any atom is 0.443 e. The van der Waals surface area contributed by atoms with Gasteiger partial charge in [0.2, 0.25) is 0 Å². The first-order chi connectivity index (χ1) is 9.43. The molecule has 0 radical (unpaired) electrons. The van der Waals surface area contributed by atoms with E-state index in [0.29, 0.717) is 29.4 Å². The summed E-state index contributed by atoms with van der Waals surface area (Å²) in [5.41, 5.74) is 0. The van der Waals surface area contributed by atoms with E-state index in [4.69, 9.17) is 4.74 Å². The summed E-state index contributed by atoms with van der Waals surface area (Å²) < 4.78 is 43.6. The van der Waals surface area contributed by atoms with Gasteiger partial charge in [-0.15, -0.1) is 11.3 Å². The lowest BCUT2D eigenvalue weighted by molar-refractivity contribution is -0.137. The molecule has 1 heterocycles. The molecule has 1 aromatic heterocycles. The van der Waals surface area contributed by atoms with Gasteiger partial charge in [0.25, 0.3) is 0 Å². The molecule has 2 atom stereocenters. The highest BCUT2D eigenvalue weighted by atomic mass is 32.1. The van der Waals surface area contributed by atoms with Crippen molar-refractivity contribution in [2.45, 2.75) is 51.9 Å². The van der Waals surface area contributed by atoms with Gasteiger partial charge in [0.05, 0.1) is 12.1 Å². The normalized spacial score (nSPS) is 15.3. The van der Waals surface area contributed by atoms with Crippen LogP contribution in [0.15, 0.2) is 6.20 Å². The van der Waals surface area contributed by atoms with Crippen molar-refractivity contribution in [2.24, 2.45) is 0 Å². The van der Waals surface area contributed by atoms with Gasteiger partial charge in [-0.05, 0) is 19.9 Å². The highest BCUT2D eigenvalue weighted by Gasteiger charge is 2.36. The highest BCUT2D eigenvalue weighted by Crippen LogP contribution is 2.36. The first-order valence-corrected chi connectivity index (χ1v) is 7.63. The minimum absolute atomic E-state index is 0.133. The van der Waals surface area contributed by atoms with Gasteiger partial charge in [-0.25, -0.2) is 4.98 Å². The number of thiazole rings is 1. The van der Waals surface area contributed by atoms with Crippen LogP contribution >= 0.6 is 11.3 Å². The number of alkyl halides is 3. The maximum atomic E-state index is 12.6. The molecule has 0 bridgehead atoms. The minimum atomic E-state index is -4.38. The smallest absolute Gasteiger partial charge is 0.376 e. The van der Waals surface area contributed by atoms with Gasteiger partial charge in [0.15, 0.2) is 5.01 Å². The second-order valence-corrected chi connectivity index (χ2v) is 5.45. The molecule has 2 unspecified atom stereocenters. The van der Waals surface area contributed by atoms with Crippen molar-refractivity contribution >= 4 is 11.3 Å². The van der Waals surface area contributed by atoms with Crippen LogP contribution in [0.3, 0.4) is 0 Å². The van der Waals surface area contributed by atoms with Crippen LogP contribution in [0.25, 0.3) is 0 Å². The van der Waals surface area contributed by atoms with Crippen molar-refractivity contribution in [3.05, 3.63) is 16.1 Å². The van der Waals surface area contributed by atoms with E-state index in [2.05, 4.69) is 10.3 Å². The Morgan fingerprint density at radius 1 is 1.35 bits per heavy atom. The average Bonchev–Trinajstić information content (AvgIpc) is 2.85. The predicted octanol–water partition coefficient (Wildman–Crippen LogP) is 4.02. The molecule has 1 N–H and O–H groups in total. The van der Waals surface area contributed by atoms with Crippen LogP contribution in [-0.2, 0) is 10.9 Å². The summed E-state index contributed by atoms with van der Waals surface area (Å²) in [4.78, 5) is 4.07. The number of hydrogen-bond acceptors (Lipinski definition) is 4. The fourth-order valence-corrected chi connectivity index (χ4v) is 2.95. The Labute approximate surface area is 121 Å². The summed E-state index contributed by atoms with van der Waals surface area (Å²) in [6.07, 6.45) is -1.50. The van der Waals surface area contributed by atoms with E-state index in [0.717, 1.165) is 12.8 Å². The SMILES string of the molecule is CCCC(OCC)C(NCC)c1cnc(C(F)(F)F)s1. The van der Waals surface area contributed by atoms with Crippen LogP contribution in [0.5, 0.6) is 0 Å². The van der Waals surface area contributed by atoms with E-state index >= 15 is 0 Å². The number of ether oxygens (including phenoxy) is 1. The van der Waals surface area contributed by atoms with Crippen molar-refractivity contribution in [2.75, 3.05) is 13.2 Å². The van der Waals surface area contributed by atoms with Crippen molar-refractivity contribution in [1.82, 2.24) is 10.3 Å². The van der Waals surface area contributed by atoms with Gasteiger partial charge in [0, 0.05) is 17.7 Å². The van der Waals surface area contributed by atoms with E-state index in [1.807, 2.05) is 20.8 Å². The number of aromatic nitrogens is 1. The number of likely N-dealkylation sites (N-methyl/N-ethyl adjacent to an activating group) is 1. The lowest BCUT2D eigenvalue weighted by Crippen LogP contribution is -2.33. The maximum absolute atomic E-state index is 12.6. The molecule has 20 heavy (non-hydrogen) atoms. The predicted molar refractivity (Wildman–Crippen MR) is 73.9 cm³/mol. The van der Waals surface area contributed by atoms with Crippen LogP contribution in [0.1, 0.15) is 49.5 Å². The molecule has 1 rings (SSSR count). The van der Waals surface area contributed by atoms with Crippen molar-refractivity contribution in [1.29, 1.82) is 0 Å². The van der Waals surface area contributed by atoms with Gasteiger partial charge >= 0.3 is 6.18 Å². The molecule has 0 spiro atoms. The largest absolute Gasteiger partial charge is 0.443 e. The van der Waals surface area contributed by atoms with E-state index in [1.165, 1.54) is 6.20 Å². The number of hydrogen-bond donors (Lipinski definition) is 1. The van der Waals surface area contributed by atoms with Crippen LogP contribution in [0.4, 0.5) is 13.2 Å². The van der Waals surface area contributed by atoms with E-state index in [-0.39, 0.29) is 12.1 Å². The summed E-state index contributed by atoms with van der Waals surface area (Å²) in [5, 5.41) is 2.41. The van der Waals surface area contributed by atoms with Crippen LogP contribution in [-0.4, -0.2) is 24.2 Å². The molecule has 0 saturated carbocycles. The Hall–Kier alpha value is -0.660. The molecule has 0 saturated heterocycles. The highest BCUT2D eigenvalue weighted by molar-refractivity contribution is 7.11. The molecular weight excluding hydrogens is 289 g/mol. The Morgan fingerprint density at radius 3 is 2.50 bits per heavy atom. The third-order valence-corrected chi connectivity index (χ3v) is 3.95. The topological polar surface area (TPSA) is 34.1 Å². The standard InChI is InChI=1S/C13H21F3N2OS/c1-4-7-9(19-6-3)11(17-5-2)10-8-18-12(20-10)13(14,15)16/h8-9,11,17H,4-7H2,1-3H3. The second kappa shape index (κ2) is 7.95. The lowest BCUT2D eigenvalue weighted by atomic mass is 10.1. The average molecular weight is 310 g/mol. The molecule has 0 aliphatic heterocycles. The second-order valence-electron chi connectivity index (χ2n) is 4.38. The molecule has 1 aromatic rings. The summed E-state index contributed by atoms with van der Waals surface area (Å²) >= 11 is 0.689. The third-order valence-electron chi connectivity index (χ3n) is 2.82. The third kappa shape index (κ3) is 4.71. The van der Waals surface area contributed by atoms with E-state index in [1.54, 1.807) is 0 Å². The summed E-state index contributed by atoms with van der Waals surface area (Å²) in [7, 11) is 0. The molecule has 3 nitrogen and oxygen atoms in total. The van der Waals surface area contributed by atoms with Crippen LogP contribution in [0, 0.1) is 0 Å². The molecule has 0 aliphatic rings. The zero-order valence-corrected chi connectivity index (χ0v) is 12.8. The zero-order chi connectivity index (χ0) is 15.2. The molecule has 0 amide bonds. The molecule has 116 valence electrons. The van der Waals surface area contributed by atoms with E-state index < -0.39 is 11.2 Å². The number of rotatable bonds is 8. The van der Waals surface area contributed by atoms with Gasteiger partial charge in [0.1, 0.15) is 0 Å². The van der Waals surface area contributed by atoms with Crippen LogP contribution in [0.2, 0.25) is 0 Å². The Morgan fingerprint density at radius 2 is 2.05 bits per heavy atom. The van der Waals surface area contributed by atoms with Gasteiger partial charge < -0.3 is 10.1 Å². The molecule has 0 aromatic carbocycles. The molecule has 0 fully saturated rings. The van der Waals surface area contributed by atoms with Crippen molar-refractivity contribution < 1.29 is 17.9 Å². The number of halogens is 3. The summed E-state index contributed by atoms with van der Waals surface area (Å²) in [5.74, 6) is 0. The Bertz CT molecular complexity index is 389. The minimum Gasteiger partial charge on any atom is -0.376 e. The van der Waals surface area contributed by atoms with Crippen molar-refractivity contribution in [3.8, 4) is 0 Å². The molecular formula is C13H21F3N2OS. The quantitative estimate of drug-likeness (QED) is 0.787. The number of nitrogens with zero attached hydrogens (tertiary/aromatic N) is 1. The van der Waals surface area contributed by atoms with Gasteiger partial charge in [-0.1, -0.05) is 20.3 Å². The summed E-state index contributed by atoms with van der Waals surface area (Å²) in [6.45, 7) is 7.05. The monoisotopic (exact) mass is 310 g/mol.